The minimum absolute atomic E-state index is 0.421. The Labute approximate surface area is 106 Å². The highest BCUT2D eigenvalue weighted by Gasteiger charge is 2.26. The van der Waals surface area contributed by atoms with Crippen LogP contribution in [0.1, 0.15) is 12.6 Å². The zero-order valence-electron chi connectivity index (χ0n) is 10.7. The molecule has 1 saturated heterocycles. The fourth-order valence-electron chi connectivity index (χ4n) is 2.19. The maximum absolute atomic E-state index is 10.9. The molecule has 2 heterocycles. The highest BCUT2D eigenvalue weighted by Crippen LogP contribution is 2.16. The molecule has 0 radical (unpaired) electrons. The van der Waals surface area contributed by atoms with Crippen LogP contribution in [0.25, 0.3) is 0 Å². The Morgan fingerprint density at radius 1 is 1.28 bits per heavy atom. The molecule has 1 aromatic heterocycles. The van der Waals surface area contributed by atoms with E-state index in [1.807, 2.05) is 11.8 Å². The van der Waals surface area contributed by atoms with Crippen molar-refractivity contribution in [1.29, 1.82) is 0 Å². The Morgan fingerprint density at radius 3 is 2.44 bits per heavy atom. The number of piperazine rings is 1. The van der Waals surface area contributed by atoms with Crippen LogP contribution >= 0.6 is 0 Å². The lowest BCUT2D eigenvalue weighted by Gasteiger charge is -2.37. The Balaban J connectivity index is 1.99. The molecule has 1 aromatic rings. The first kappa shape index (κ1) is 12.8. The molecule has 1 fully saturated rings. The van der Waals surface area contributed by atoms with E-state index in [2.05, 4.69) is 14.9 Å². The number of aromatic nitrogens is 2. The summed E-state index contributed by atoms with van der Waals surface area (Å²) in [5, 5.41) is 8.98. The molecule has 1 unspecified atom stereocenters. The molecule has 0 spiro atoms. The Kier molecular flexibility index (Phi) is 3.76. The largest absolute Gasteiger partial charge is 0.480 e. The number of hydrogen-bond acceptors (Lipinski definition) is 5. The first-order valence-electron chi connectivity index (χ1n) is 6.09. The molecule has 0 aliphatic carbocycles. The van der Waals surface area contributed by atoms with Crippen molar-refractivity contribution in [1.82, 2.24) is 14.9 Å². The van der Waals surface area contributed by atoms with E-state index >= 15 is 0 Å². The third-order valence-corrected chi connectivity index (χ3v) is 3.37. The van der Waals surface area contributed by atoms with Crippen molar-refractivity contribution >= 4 is 11.8 Å². The summed E-state index contributed by atoms with van der Waals surface area (Å²) in [6.07, 6.45) is 3.37. The van der Waals surface area contributed by atoms with Gasteiger partial charge in [0, 0.05) is 38.6 Å². The lowest BCUT2D eigenvalue weighted by atomic mass is 10.2. The number of aliphatic carboxylic acids is 1. The van der Waals surface area contributed by atoms with Crippen LogP contribution in [-0.2, 0) is 4.79 Å². The van der Waals surface area contributed by atoms with Crippen LogP contribution in [0.15, 0.2) is 12.4 Å². The third kappa shape index (κ3) is 2.59. The van der Waals surface area contributed by atoms with Gasteiger partial charge >= 0.3 is 5.97 Å². The standard InChI is InChI=1S/C12H18N4O2/c1-9-11(14-4-3-13-9)16-7-5-15(6-8-16)10(2)12(17)18/h3-4,10H,5-8H2,1-2H3,(H,17,18). The number of carboxylic acid groups (broad SMARTS) is 1. The van der Waals surface area contributed by atoms with Crippen molar-refractivity contribution in [2.75, 3.05) is 31.1 Å². The van der Waals surface area contributed by atoms with Gasteiger partial charge in [0.2, 0.25) is 0 Å². The van der Waals surface area contributed by atoms with Crippen molar-refractivity contribution < 1.29 is 9.90 Å². The van der Waals surface area contributed by atoms with Gasteiger partial charge < -0.3 is 10.0 Å². The summed E-state index contributed by atoms with van der Waals surface area (Å²) < 4.78 is 0. The summed E-state index contributed by atoms with van der Waals surface area (Å²) >= 11 is 0. The molecule has 6 nitrogen and oxygen atoms in total. The maximum Gasteiger partial charge on any atom is 0.320 e. The van der Waals surface area contributed by atoms with E-state index in [0.29, 0.717) is 0 Å². The molecule has 1 N–H and O–H groups in total. The van der Waals surface area contributed by atoms with Crippen LogP contribution in [0.3, 0.4) is 0 Å². The van der Waals surface area contributed by atoms with Gasteiger partial charge in [0.15, 0.2) is 0 Å². The number of carbonyl (C=O) groups is 1. The van der Waals surface area contributed by atoms with Gasteiger partial charge in [0.25, 0.3) is 0 Å². The zero-order valence-corrected chi connectivity index (χ0v) is 10.7. The zero-order chi connectivity index (χ0) is 13.1. The second-order valence-corrected chi connectivity index (χ2v) is 4.50. The molecule has 2 rings (SSSR count). The predicted octanol–water partition coefficient (Wildman–Crippen LogP) is 0.380. The molecule has 18 heavy (non-hydrogen) atoms. The van der Waals surface area contributed by atoms with Gasteiger partial charge in [-0.05, 0) is 13.8 Å². The molecule has 0 aromatic carbocycles. The molecule has 1 aliphatic rings. The molecule has 0 bridgehead atoms. The molecule has 0 amide bonds. The fraction of sp³-hybridized carbons (Fsp3) is 0.583. The van der Waals surface area contributed by atoms with Crippen LogP contribution < -0.4 is 4.90 Å². The summed E-state index contributed by atoms with van der Waals surface area (Å²) in [5.74, 6) is 0.138. The van der Waals surface area contributed by atoms with Gasteiger partial charge in [0.05, 0.1) is 5.69 Å². The number of hydrogen-bond donors (Lipinski definition) is 1. The molecule has 0 saturated carbocycles. The molecule has 1 atom stereocenters. The van der Waals surface area contributed by atoms with Gasteiger partial charge in [-0.15, -0.1) is 0 Å². The molecular formula is C12H18N4O2. The number of anilines is 1. The topological polar surface area (TPSA) is 69.6 Å². The third-order valence-electron chi connectivity index (χ3n) is 3.37. The van der Waals surface area contributed by atoms with Crippen LogP contribution in [0.2, 0.25) is 0 Å². The van der Waals surface area contributed by atoms with Crippen LogP contribution in [-0.4, -0.2) is 58.2 Å². The van der Waals surface area contributed by atoms with Gasteiger partial charge in [-0.3, -0.25) is 14.7 Å². The predicted molar refractivity (Wildman–Crippen MR) is 67.7 cm³/mol. The van der Waals surface area contributed by atoms with Gasteiger partial charge in [0.1, 0.15) is 11.9 Å². The van der Waals surface area contributed by atoms with E-state index in [1.165, 1.54) is 0 Å². The maximum atomic E-state index is 10.9. The number of nitrogens with zero attached hydrogens (tertiary/aromatic N) is 4. The SMILES string of the molecule is Cc1nccnc1N1CCN(C(C)C(=O)O)CC1. The first-order chi connectivity index (χ1) is 8.59. The Bertz CT molecular complexity index is 430. The van der Waals surface area contributed by atoms with Crippen molar-refractivity contribution in [2.45, 2.75) is 19.9 Å². The van der Waals surface area contributed by atoms with Gasteiger partial charge in [-0.2, -0.15) is 0 Å². The van der Waals surface area contributed by atoms with E-state index in [1.54, 1.807) is 19.3 Å². The monoisotopic (exact) mass is 250 g/mol. The number of aryl methyl sites for hydroxylation is 1. The van der Waals surface area contributed by atoms with Crippen LogP contribution in [0, 0.1) is 6.92 Å². The molecule has 98 valence electrons. The van der Waals surface area contributed by atoms with Gasteiger partial charge in [-0.1, -0.05) is 0 Å². The number of rotatable bonds is 3. The molecule has 1 aliphatic heterocycles. The average molecular weight is 250 g/mol. The quantitative estimate of drug-likeness (QED) is 0.836. The van der Waals surface area contributed by atoms with Crippen LogP contribution in [0.5, 0.6) is 0 Å². The Hall–Kier alpha value is -1.69. The summed E-state index contributed by atoms with van der Waals surface area (Å²) in [6, 6.07) is -0.421. The van der Waals surface area contributed by atoms with E-state index < -0.39 is 12.0 Å². The molecular weight excluding hydrogens is 232 g/mol. The minimum atomic E-state index is -0.765. The second kappa shape index (κ2) is 5.30. The van der Waals surface area contributed by atoms with Crippen molar-refractivity contribution in [3.63, 3.8) is 0 Å². The molecule has 6 heteroatoms. The second-order valence-electron chi connectivity index (χ2n) is 4.50. The summed E-state index contributed by atoms with van der Waals surface area (Å²) in [4.78, 5) is 23.6. The highest BCUT2D eigenvalue weighted by molar-refractivity contribution is 5.72. The normalized spacial score (nSPS) is 18.7. The lowest BCUT2D eigenvalue weighted by molar-refractivity contribution is -0.142. The van der Waals surface area contributed by atoms with E-state index in [9.17, 15) is 4.79 Å². The number of carboxylic acids is 1. The fourth-order valence-corrected chi connectivity index (χ4v) is 2.19. The summed E-state index contributed by atoms with van der Waals surface area (Å²) in [6.45, 7) is 6.72. The van der Waals surface area contributed by atoms with Crippen LogP contribution in [0.4, 0.5) is 5.82 Å². The van der Waals surface area contributed by atoms with Crippen molar-refractivity contribution in [3.05, 3.63) is 18.1 Å². The Morgan fingerprint density at radius 2 is 1.89 bits per heavy atom. The summed E-state index contributed by atoms with van der Waals surface area (Å²) in [5.41, 5.74) is 0.914. The minimum Gasteiger partial charge on any atom is -0.480 e. The van der Waals surface area contributed by atoms with E-state index in [-0.39, 0.29) is 0 Å². The average Bonchev–Trinajstić information content (AvgIpc) is 2.38. The smallest absolute Gasteiger partial charge is 0.320 e. The lowest BCUT2D eigenvalue weighted by Crippen LogP contribution is -2.52. The highest BCUT2D eigenvalue weighted by atomic mass is 16.4. The van der Waals surface area contributed by atoms with Crippen molar-refractivity contribution in [3.8, 4) is 0 Å². The summed E-state index contributed by atoms with van der Waals surface area (Å²) in [7, 11) is 0. The first-order valence-corrected chi connectivity index (χ1v) is 6.09. The van der Waals surface area contributed by atoms with E-state index in [4.69, 9.17) is 5.11 Å². The van der Waals surface area contributed by atoms with Crippen molar-refractivity contribution in [2.24, 2.45) is 0 Å². The van der Waals surface area contributed by atoms with E-state index in [0.717, 1.165) is 37.7 Å². The van der Waals surface area contributed by atoms with Gasteiger partial charge in [-0.25, -0.2) is 4.98 Å².